The lowest BCUT2D eigenvalue weighted by atomic mass is 10.0. The summed E-state index contributed by atoms with van der Waals surface area (Å²) in [4.78, 5) is 66.5. The molecule has 3 rings (SSSR count). The van der Waals surface area contributed by atoms with Gasteiger partial charge < -0.3 is 48.3 Å². The number of carbonyl (C=O) groups is 5. The minimum absolute atomic E-state index is 0.0434. The first kappa shape index (κ1) is 34.5. The average molecular weight is 624 g/mol. The Bertz CT molecular complexity index is 1470. The highest BCUT2D eigenvalue weighted by atomic mass is 16.4. The van der Waals surface area contributed by atoms with Gasteiger partial charge in [0.2, 0.25) is 23.6 Å². The standard InChI is InChI=1S/C31H41N7O7/c32-14-4-3-7-24(36-28(41)22(33)15-18-8-10-20(39)11-9-18)29(42)37-25(12-13-27(34)40)30(43)38-26(31(44)45)16-19-17-35-23-6-2-1-5-21(19)23/h1-2,5-6,8-11,17,22,24-26,35,39H,3-4,7,12-16,32-33H2,(H2,34,40)(H,36,41)(H,37,42)(H,38,43)(H,44,45). The third-order valence-electron chi connectivity index (χ3n) is 7.33. The minimum atomic E-state index is -1.34. The van der Waals surface area contributed by atoms with Gasteiger partial charge in [-0.05, 0) is 68.0 Å². The van der Waals surface area contributed by atoms with Gasteiger partial charge in [-0.25, -0.2) is 4.79 Å². The molecule has 14 heteroatoms. The summed E-state index contributed by atoms with van der Waals surface area (Å²) in [7, 11) is 0. The Morgan fingerprint density at radius 2 is 1.42 bits per heavy atom. The van der Waals surface area contributed by atoms with Crippen molar-refractivity contribution >= 4 is 40.5 Å². The number of aromatic amines is 1. The van der Waals surface area contributed by atoms with E-state index in [1.165, 1.54) is 12.1 Å². The highest BCUT2D eigenvalue weighted by molar-refractivity contribution is 5.94. The summed E-state index contributed by atoms with van der Waals surface area (Å²) in [6, 6.07) is 8.71. The maximum Gasteiger partial charge on any atom is 0.326 e. The van der Waals surface area contributed by atoms with Gasteiger partial charge in [-0.3, -0.25) is 19.2 Å². The number of fused-ring (bicyclic) bond motifs is 1. The maximum atomic E-state index is 13.4. The highest BCUT2D eigenvalue weighted by Gasteiger charge is 2.31. The van der Waals surface area contributed by atoms with Crippen molar-refractivity contribution in [2.24, 2.45) is 17.2 Å². The van der Waals surface area contributed by atoms with Crippen LogP contribution in [-0.2, 0) is 36.8 Å². The predicted molar refractivity (Wildman–Crippen MR) is 167 cm³/mol. The summed E-state index contributed by atoms with van der Waals surface area (Å²) in [5.41, 5.74) is 19.2. The molecule has 3 aromatic rings. The van der Waals surface area contributed by atoms with Crippen molar-refractivity contribution in [3.63, 3.8) is 0 Å². The van der Waals surface area contributed by atoms with E-state index in [0.29, 0.717) is 30.5 Å². The molecule has 2 aromatic carbocycles. The van der Waals surface area contributed by atoms with E-state index < -0.39 is 53.8 Å². The number of nitrogens with two attached hydrogens (primary N) is 3. The number of hydrogen-bond acceptors (Lipinski definition) is 8. The molecule has 242 valence electrons. The molecule has 4 atom stereocenters. The van der Waals surface area contributed by atoms with Crippen LogP contribution < -0.4 is 33.2 Å². The van der Waals surface area contributed by atoms with Crippen LogP contribution in [0, 0.1) is 0 Å². The van der Waals surface area contributed by atoms with Crippen molar-refractivity contribution in [3.8, 4) is 5.75 Å². The van der Waals surface area contributed by atoms with Crippen LogP contribution in [0.5, 0.6) is 5.75 Å². The van der Waals surface area contributed by atoms with E-state index in [1.807, 2.05) is 24.3 Å². The van der Waals surface area contributed by atoms with Gasteiger partial charge in [0.25, 0.3) is 0 Å². The normalized spacial score (nSPS) is 13.7. The van der Waals surface area contributed by atoms with Crippen LogP contribution in [0.15, 0.2) is 54.7 Å². The molecule has 0 aliphatic heterocycles. The molecule has 1 heterocycles. The van der Waals surface area contributed by atoms with E-state index in [0.717, 1.165) is 10.9 Å². The average Bonchev–Trinajstić information content (AvgIpc) is 3.41. The summed E-state index contributed by atoms with van der Waals surface area (Å²) in [5.74, 6) is -4.10. The lowest BCUT2D eigenvalue weighted by molar-refractivity contribution is -0.142. The number of hydrogen-bond donors (Lipinski definition) is 9. The predicted octanol–water partition coefficient (Wildman–Crippen LogP) is -0.0805. The Balaban J connectivity index is 1.73. The van der Waals surface area contributed by atoms with Gasteiger partial charge >= 0.3 is 5.97 Å². The zero-order valence-corrected chi connectivity index (χ0v) is 24.8. The van der Waals surface area contributed by atoms with Gasteiger partial charge in [0.05, 0.1) is 6.04 Å². The van der Waals surface area contributed by atoms with E-state index in [9.17, 15) is 34.2 Å². The van der Waals surface area contributed by atoms with Crippen molar-refractivity contribution in [1.82, 2.24) is 20.9 Å². The first-order chi connectivity index (χ1) is 21.5. The van der Waals surface area contributed by atoms with Crippen LogP contribution in [0.1, 0.15) is 43.2 Å². The highest BCUT2D eigenvalue weighted by Crippen LogP contribution is 2.19. The molecular formula is C31H41N7O7. The molecule has 0 aliphatic carbocycles. The summed E-state index contributed by atoms with van der Waals surface area (Å²) in [5, 5.41) is 27.8. The molecule has 4 unspecified atom stereocenters. The molecule has 1 aromatic heterocycles. The number of para-hydroxylation sites is 1. The second-order valence-corrected chi connectivity index (χ2v) is 10.9. The Kier molecular flexibility index (Phi) is 12.9. The van der Waals surface area contributed by atoms with Crippen molar-refractivity contribution < 1.29 is 34.2 Å². The number of aromatic hydroxyl groups is 1. The molecule has 45 heavy (non-hydrogen) atoms. The number of phenolic OH excluding ortho intramolecular Hbond substituents is 1. The lowest BCUT2D eigenvalue weighted by Crippen LogP contribution is -2.57. The van der Waals surface area contributed by atoms with Gasteiger partial charge in [0.1, 0.15) is 23.9 Å². The number of phenols is 1. The summed E-state index contributed by atoms with van der Waals surface area (Å²) < 4.78 is 0. The third kappa shape index (κ3) is 10.6. The van der Waals surface area contributed by atoms with Gasteiger partial charge in [-0.2, -0.15) is 0 Å². The number of unbranched alkanes of at least 4 members (excludes halogenated alkanes) is 1. The number of rotatable bonds is 18. The van der Waals surface area contributed by atoms with Crippen molar-refractivity contribution in [2.75, 3.05) is 6.54 Å². The number of carbonyl (C=O) groups excluding carboxylic acids is 4. The number of benzene rings is 2. The molecule has 0 radical (unpaired) electrons. The van der Waals surface area contributed by atoms with Crippen molar-refractivity contribution in [1.29, 1.82) is 0 Å². The van der Waals surface area contributed by atoms with E-state index in [-0.39, 0.29) is 37.9 Å². The number of aromatic nitrogens is 1. The molecule has 14 nitrogen and oxygen atoms in total. The molecule has 0 fully saturated rings. The monoisotopic (exact) mass is 623 g/mol. The van der Waals surface area contributed by atoms with Gasteiger partial charge in [0.15, 0.2) is 0 Å². The topological polar surface area (TPSA) is 256 Å². The van der Waals surface area contributed by atoms with E-state index >= 15 is 0 Å². The second-order valence-electron chi connectivity index (χ2n) is 10.9. The zero-order valence-electron chi connectivity index (χ0n) is 24.8. The molecule has 0 saturated carbocycles. The van der Waals surface area contributed by atoms with E-state index in [4.69, 9.17) is 17.2 Å². The fourth-order valence-corrected chi connectivity index (χ4v) is 4.84. The molecule has 0 bridgehead atoms. The quantitative estimate of drug-likeness (QED) is 0.0857. The SMILES string of the molecule is NCCCCC(NC(=O)C(N)Cc1ccc(O)cc1)C(=O)NC(CCC(N)=O)C(=O)NC(Cc1c[nH]c2ccccc12)C(=O)O. The smallest absolute Gasteiger partial charge is 0.326 e. The van der Waals surface area contributed by atoms with Crippen LogP contribution >= 0.6 is 0 Å². The summed E-state index contributed by atoms with van der Waals surface area (Å²) in [6.45, 7) is 0.360. The Hall–Kier alpha value is -4.95. The third-order valence-corrected chi connectivity index (χ3v) is 7.33. The largest absolute Gasteiger partial charge is 0.508 e. The molecule has 4 amide bonds. The van der Waals surface area contributed by atoms with E-state index in [2.05, 4.69) is 20.9 Å². The van der Waals surface area contributed by atoms with Crippen LogP contribution in [0.2, 0.25) is 0 Å². The maximum absolute atomic E-state index is 13.4. The van der Waals surface area contributed by atoms with Crippen LogP contribution in [-0.4, -0.2) is 75.5 Å². The Morgan fingerprint density at radius 1 is 0.800 bits per heavy atom. The Labute approximate surface area is 260 Å². The van der Waals surface area contributed by atoms with Gasteiger partial charge in [-0.15, -0.1) is 0 Å². The summed E-state index contributed by atoms with van der Waals surface area (Å²) >= 11 is 0. The fraction of sp³-hybridized carbons (Fsp3) is 0.387. The molecule has 0 saturated heterocycles. The second kappa shape index (κ2) is 16.8. The Morgan fingerprint density at radius 3 is 2.07 bits per heavy atom. The van der Waals surface area contributed by atoms with Gasteiger partial charge in [0, 0.05) is 29.9 Å². The number of carboxylic acid groups (broad SMARTS) is 1. The zero-order chi connectivity index (χ0) is 32.9. The van der Waals surface area contributed by atoms with Crippen molar-refractivity contribution in [3.05, 3.63) is 65.9 Å². The van der Waals surface area contributed by atoms with E-state index in [1.54, 1.807) is 18.3 Å². The first-order valence-electron chi connectivity index (χ1n) is 14.7. The van der Waals surface area contributed by atoms with Crippen LogP contribution in [0.3, 0.4) is 0 Å². The lowest BCUT2D eigenvalue weighted by Gasteiger charge is -2.25. The number of amides is 4. The molecule has 12 N–H and O–H groups in total. The van der Waals surface area contributed by atoms with Crippen molar-refractivity contribution in [2.45, 2.75) is 69.1 Å². The number of H-pyrrole nitrogens is 1. The van der Waals surface area contributed by atoms with Crippen LogP contribution in [0.25, 0.3) is 10.9 Å². The molecule has 0 spiro atoms. The summed E-state index contributed by atoms with van der Waals surface area (Å²) in [6.07, 6.45) is 2.53. The number of carboxylic acids is 1. The minimum Gasteiger partial charge on any atom is -0.508 e. The number of aliphatic carboxylic acids is 1. The first-order valence-corrected chi connectivity index (χ1v) is 14.7. The van der Waals surface area contributed by atoms with Gasteiger partial charge in [-0.1, -0.05) is 30.3 Å². The van der Waals surface area contributed by atoms with Crippen LogP contribution in [0.4, 0.5) is 0 Å². The number of primary amides is 1. The number of nitrogens with one attached hydrogen (secondary N) is 4. The molecular weight excluding hydrogens is 582 g/mol. The molecule has 0 aliphatic rings. The fourth-order valence-electron chi connectivity index (χ4n) is 4.84.